The molecule has 1 heterocycles. The summed E-state index contributed by atoms with van der Waals surface area (Å²) in [6.45, 7) is 0. The fourth-order valence-corrected chi connectivity index (χ4v) is 3.40. The molecule has 3 rings (SSSR count). The van der Waals surface area contributed by atoms with Crippen molar-refractivity contribution in [3.8, 4) is 0 Å². The number of hydrogen-bond donors (Lipinski definition) is 2. The van der Waals surface area contributed by atoms with Crippen LogP contribution in [0, 0.1) is 5.82 Å². The van der Waals surface area contributed by atoms with E-state index in [1.165, 1.54) is 34.4 Å². The van der Waals surface area contributed by atoms with Gasteiger partial charge < -0.3 is 10.4 Å². The van der Waals surface area contributed by atoms with E-state index in [0.29, 0.717) is 5.13 Å². The SMILES string of the molecule is O=C(O)c1cccc(F)c1Nc1nc2c(s1)CCCC2. The van der Waals surface area contributed by atoms with E-state index < -0.39 is 11.8 Å². The summed E-state index contributed by atoms with van der Waals surface area (Å²) in [7, 11) is 0. The summed E-state index contributed by atoms with van der Waals surface area (Å²) in [4.78, 5) is 16.8. The van der Waals surface area contributed by atoms with Gasteiger partial charge in [0.2, 0.25) is 0 Å². The number of aromatic nitrogens is 1. The molecule has 2 N–H and O–H groups in total. The summed E-state index contributed by atoms with van der Waals surface area (Å²) in [5.41, 5.74) is 0.946. The molecule has 0 atom stereocenters. The van der Waals surface area contributed by atoms with Crippen molar-refractivity contribution in [1.29, 1.82) is 0 Å². The number of aromatic carboxylic acids is 1. The number of nitrogens with zero attached hydrogens (tertiary/aromatic N) is 1. The lowest BCUT2D eigenvalue weighted by molar-refractivity contribution is 0.0697. The summed E-state index contributed by atoms with van der Waals surface area (Å²) in [6.07, 6.45) is 4.21. The van der Waals surface area contributed by atoms with E-state index in [2.05, 4.69) is 10.3 Å². The molecule has 6 heteroatoms. The molecule has 1 aromatic carbocycles. The minimum Gasteiger partial charge on any atom is -0.478 e. The Morgan fingerprint density at radius 3 is 2.90 bits per heavy atom. The predicted octanol–water partition coefficient (Wildman–Crippen LogP) is 3.60. The maximum Gasteiger partial charge on any atom is 0.337 e. The topological polar surface area (TPSA) is 62.2 Å². The average Bonchev–Trinajstić information content (AvgIpc) is 2.83. The minimum absolute atomic E-state index is 0.0221. The molecule has 0 unspecified atom stereocenters. The maximum absolute atomic E-state index is 13.8. The van der Waals surface area contributed by atoms with Crippen LogP contribution in [0.15, 0.2) is 18.2 Å². The molecule has 0 bridgehead atoms. The van der Waals surface area contributed by atoms with E-state index in [1.54, 1.807) is 0 Å². The molecule has 1 aliphatic carbocycles. The molecule has 20 heavy (non-hydrogen) atoms. The lowest BCUT2D eigenvalue weighted by Crippen LogP contribution is -2.05. The Kier molecular flexibility index (Phi) is 3.40. The fraction of sp³-hybridized carbons (Fsp3) is 0.286. The van der Waals surface area contributed by atoms with E-state index in [9.17, 15) is 9.18 Å². The zero-order chi connectivity index (χ0) is 14.1. The second-order valence-electron chi connectivity index (χ2n) is 4.69. The van der Waals surface area contributed by atoms with Crippen LogP contribution in [0.5, 0.6) is 0 Å². The highest BCUT2D eigenvalue weighted by Crippen LogP contribution is 2.32. The minimum atomic E-state index is -1.16. The van der Waals surface area contributed by atoms with Crippen LogP contribution in [-0.4, -0.2) is 16.1 Å². The van der Waals surface area contributed by atoms with Crippen LogP contribution in [0.25, 0.3) is 0 Å². The molecule has 0 radical (unpaired) electrons. The standard InChI is InChI=1S/C14H13FN2O2S/c15-9-5-3-4-8(13(18)19)12(9)17-14-16-10-6-1-2-7-11(10)20-14/h3-5H,1-2,6-7H2,(H,16,17)(H,18,19). The van der Waals surface area contributed by atoms with E-state index in [0.717, 1.165) is 31.4 Å². The van der Waals surface area contributed by atoms with Gasteiger partial charge in [0.25, 0.3) is 0 Å². The van der Waals surface area contributed by atoms with Gasteiger partial charge in [-0.15, -0.1) is 11.3 Å². The number of para-hydroxylation sites is 1. The van der Waals surface area contributed by atoms with Crippen LogP contribution in [0.3, 0.4) is 0 Å². The molecule has 0 saturated carbocycles. The van der Waals surface area contributed by atoms with Gasteiger partial charge >= 0.3 is 5.97 Å². The third-order valence-electron chi connectivity index (χ3n) is 3.32. The normalized spacial score (nSPS) is 13.8. The Bertz CT molecular complexity index is 646. The van der Waals surface area contributed by atoms with Crippen molar-refractivity contribution in [2.45, 2.75) is 25.7 Å². The number of nitrogens with one attached hydrogen (secondary N) is 1. The number of carboxylic acids is 1. The average molecular weight is 292 g/mol. The Balaban J connectivity index is 1.95. The van der Waals surface area contributed by atoms with E-state index in [-0.39, 0.29) is 11.3 Å². The van der Waals surface area contributed by atoms with Crippen molar-refractivity contribution in [3.05, 3.63) is 40.2 Å². The summed E-state index contributed by atoms with van der Waals surface area (Å²) >= 11 is 1.48. The zero-order valence-electron chi connectivity index (χ0n) is 10.6. The first kappa shape index (κ1) is 13.1. The Morgan fingerprint density at radius 2 is 2.15 bits per heavy atom. The molecule has 1 aliphatic rings. The molecule has 0 amide bonds. The lowest BCUT2D eigenvalue weighted by atomic mass is 10.0. The monoisotopic (exact) mass is 292 g/mol. The van der Waals surface area contributed by atoms with Gasteiger partial charge in [0.15, 0.2) is 5.13 Å². The zero-order valence-corrected chi connectivity index (χ0v) is 11.5. The number of hydrogen-bond acceptors (Lipinski definition) is 4. The number of thiazole rings is 1. The number of halogens is 1. The molecular weight excluding hydrogens is 279 g/mol. The molecule has 4 nitrogen and oxygen atoms in total. The van der Waals surface area contributed by atoms with E-state index in [4.69, 9.17) is 5.11 Å². The second kappa shape index (κ2) is 5.20. The van der Waals surface area contributed by atoms with Crippen molar-refractivity contribution in [1.82, 2.24) is 4.98 Å². The van der Waals surface area contributed by atoms with Crippen molar-refractivity contribution in [2.24, 2.45) is 0 Å². The fourth-order valence-electron chi connectivity index (χ4n) is 2.34. The first-order valence-electron chi connectivity index (χ1n) is 6.42. The summed E-state index contributed by atoms with van der Waals surface area (Å²) < 4.78 is 13.8. The number of carbonyl (C=O) groups is 1. The number of benzene rings is 1. The highest BCUT2D eigenvalue weighted by molar-refractivity contribution is 7.15. The summed E-state index contributed by atoms with van der Waals surface area (Å²) in [5.74, 6) is -1.74. The van der Waals surface area contributed by atoms with Gasteiger partial charge in [-0.1, -0.05) is 6.07 Å². The second-order valence-corrected chi connectivity index (χ2v) is 5.77. The van der Waals surface area contributed by atoms with Crippen LogP contribution < -0.4 is 5.32 Å². The summed E-state index contributed by atoms with van der Waals surface area (Å²) in [6, 6.07) is 4.00. The van der Waals surface area contributed by atoms with Crippen molar-refractivity contribution < 1.29 is 14.3 Å². The third kappa shape index (κ3) is 2.38. The van der Waals surface area contributed by atoms with E-state index >= 15 is 0 Å². The third-order valence-corrected chi connectivity index (χ3v) is 4.39. The molecule has 2 aromatic rings. The van der Waals surface area contributed by atoms with Gasteiger partial charge in [-0.2, -0.15) is 0 Å². The van der Waals surface area contributed by atoms with Gasteiger partial charge in [0.05, 0.1) is 16.9 Å². The highest BCUT2D eigenvalue weighted by Gasteiger charge is 2.18. The Labute approximate surface area is 119 Å². The van der Waals surface area contributed by atoms with Gasteiger partial charge in [0, 0.05) is 4.88 Å². The van der Waals surface area contributed by atoms with Gasteiger partial charge in [-0.3, -0.25) is 0 Å². The van der Waals surface area contributed by atoms with Crippen molar-refractivity contribution >= 4 is 28.1 Å². The molecular formula is C14H13FN2O2S. The lowest BCUT2D eigenvalue weighted by Gasteiger charge is -2.07. The quantitative estimate of drug-likeness (QED) is 0.907. The molecule has 0 spiro atoms. The molecule has 0 saturated heterocycles. The molecule has 0 fully saturated rings. The van der Waals surface area contributed by atoms with Crippen LogP contribution >= 0.6 is 11.3 Å². The van der Waals surface area contributed by atoms with Crippen LogP contribution in [0.2, 0.25) is 0 Å². The van der Waals surface area contributed by atoms with Gasteiger partial charge in [-0.05, 0) is 37.8 Å². The number of rotatable bonds is 3. The van der Waals surface area contributed by atoms with Gasteiger partial charge in [0.1, 0.15) is 5.82 Å². The van der Waals surface area contributed by atoms with Crippen molar-refractivity contribution in [2.75, 3.05) is 5.32 Å². The smallest absolute Gasteiger partial charge is 0.337 e. The van der Waals surface area contributed by atoms with Crippen LogP contribution in [0.1, 0.15) is 33.8 Å². The van der Waals surface area contributed by atoms with Gasteiger partial charge in [-0.25, -0.2) is 14.2 Å². The summed E-state index contributed by atoms with van der Waals surface area (Å²) in [5, 5.41) is 12.5. The first-order valence-corrected chi connectivity index (χ1v) is 7.24. The van der Waals surface area contributed by atoms with Crippen molar-refractivity contribution in [3.63, 3.8) is 0 Å². The highest BCUT2D eigenvalue weighted by atomic mass is 32.1. The van der Waals surface area contributed by atoms with E-state index in [1.807, 2.05) is 0 Å². The largest absolute Gasteiger partial charge is 0.478 e. The number of fused-ring (bicyclic) bond motifs is 1. The molecule has 0 aliphatic heterocycles. The molecule has 1 aromatic heterocycles. The predicted molar refractivity (Wildman–Crippen MR) is 75.4 cm³/mol. The number of anilines is 2. The number of aryl methyl sites for hydroxylation is 2. The number of carboxylic acid groups (broad SMARTS) is 1. The Morgan fingerprint density at radius 1 is 1.35 bits per heavy atom. The molecule has 104 valence electrons. The first-order chi connectivity index (χ1) is 9.65. The Hall–Kier alpha value is -1.95. The van der Waals surface area contributed by atoms with Crippen LogP contribution in [-0.2, 0) is 12.8 Å². The maximum atomic E-state index is 13.8. The van der Waals surface area contributed by atoms with Crippen LogP contribution in [0.4, 0.5) is 15.2 Å².